The topological polar surface area (TPSA) is 38.5 Å². The van der Waals surface area contributed by atoms with Crippen molar-refractivity contribution in [2.75, 3.05) is 25.6 Å². The average Bonchev–Trinajstić information content (AvgIpc) is 2.25. The summed E-state index contributed by atoms with van der Waals surface area (Å²) in [5.41, 5.74) is 8.56. The van der Waals surface area contributed by atoms with E-state index < -0.39 is 0 Å². The van der Waals surface area contributed by atoms with Gasteiger partial charge in [-0.3, -0.25) is 0 Å². The molecule has 0 aliphatic carbocycles. The molecule has 1 aromatic carbocycles. The van der Waals surface area contributed by atoms with Crippen LogP contribution < -0.4 is 15.4 Å². The van der Waals surface area contributed by atoms with E-state index in [0.29, 0.717) is 0 Å². The second kappa shape index (κ2) is 5.61. The highest BCUT2D eigenvalue weighted by molar-refractivity contribution is 5.60. The summed E-state index contributed by atoms with van der Waals surface area (Å²) in [6.07, 6.45) is 0. The number of nitrogens with two attached hydrogens (primary N) is 1. The smallest absolute Gasteiger partial charge is 0.125 e. The molecule has 1 aromatic rings. The van der Waals surface area contributed by atoms with E-state index in [0.717, 1.165) is 23.5 Å². The molecule has 0 bridgehead atoms. The quantitative estimate of drug-likeness (QED) is 0.892. The Bertz CT molecular complexity index is 394. The van der Waals surface area contributed by atoms with E-state index in [4.69, 9.17) is 10.5 Å². The van der Waals surface area contributed by atoms with E-state index in [2.05, 4.69) is 38.8 Å². The Morgan fingerprint density at radius 3 is 2.39 bits per heavy atom. The van der Waals surface area contributed by atoms with Gasteiger partial charge in [0, 0.05) is 30.9 Å². The minimum Gasteiger partial charge on any atom is -0.496 e. The van der Waals surface area contributed by atoms with E-state index in [9.17, 15) is 0 Å². The second-order valence-electron chi connectivity index (χ2n) is 6.10. The molecule has 18 heavy (non-hydrogen) atoms. The third kappa shape index (κ3) is 3.64. The van der Waals surface area contributed by atoms with Gasteiger partial charge in [0.15, 0.2) is 0 Å². The molecule has 0 saturated heterocycles. The zero-order valence-corrected chi connectivity index (χ0v) is 12.4. The normalized spacial score (nSPS) is 13.3. The first kappa shape index (κ1) is 14.8. The van der Waals surface area contributed by atoms with Crippen molar-refractivity contribution in [3.8, 4) is 5.75 Å². The zero-order chi connectivity index (χ0) is 13.9. The minimum atomic E-state index is -0.0430. The van der Waals surface area contributed by atoms with Gasteiger partial charge in [-0.05, 0) is 24.5 Å². The van der Waals surface area contributed by atoms with Gasteiger partial charge in [-0.15, -0.1) is 0 Å². The van der Waals surface area contributed by atoms with Crippen molar-refractivity contribution >= 4 is 5.69 Å². The minimum absolute atomic E-state index is 0.0430. The molecule has 102 valence electrons. The molecule has 0 aromatic heterocycles. The molecule has 0 spiro atoms. The van der Waals surface area contributed by atoms with Gasteiger partial charge < -0.3 is 15.4 Å². The van der Waals surface area contributed by atoms with Crippen molar-refractivity contribution in [1.29, 1.82) is 0 Å². The number of nitrogens with zero attached hydrogens (tertiary/aromatic N) is 1. The first-order valence-electron chi connectivity index (χ1n) is 6.40. The van der Waals surface area contributed by atoms with Crippen LogP contribution in [0.25, 0.3) is 0 Å². The lowest BCUT2D eigenvalue weighted by Gasteiger charge is -2.31. The molecule has 3 nitrogen and oxygen atoms in total. The maximum Gasteiger partial charge on any atom is 0.125 e. The number of hydrogen-bond acceptors (Lipinski definition) is 3. The molecular weight excluding hydrogens is 224 g/mol. The predicted molar refractivity (Wildman–Crippen MR) is 78.3 cm³/mol. The van der Waals surface area contributed by atoms with Crippen molar-refractivity contribution in [1.82, 2.24) is 0 Å². The van der Waals surface area contributed by atoms with Gasteiger partial charge in [0.2, 0.25) is 0 Å². The summed E-state index contributed by atoms with van der Waals surface area (Å²) in [6.45, 7) is 9.66. The summed E-state index contributed by atoms with van der Waals surface area (Å²) in [7, 11) is 3.79. The number of anilines is 1. The Kier molecular flexibility index (Phi) is 4.63. The third-order valence-electron chi connectivity index (χ3n) is 2.84. The fourth-order valence-corrected chi connectivity index (χ4v) is 2.30. The van der Waals surface area contributed by atoms with Gasteiger partial charge in [-0.25, -0.2) is 0 Å². The Hall–Kier alpha value is -1.22. The SMILES string of the molecule is COc1cccc(N(C)CC(C)(C)C)c1[C@H](C)N. The fourth-order valence-electron chi connectivity index (χ4n) is 2.30. The highest BCUT2D eigenvalue weighted by Gasteiger charge is 2.19. The molecule has 0 unspecified atom stereocenters. The Balaban J connectivity index is 3.15. The van der Waals surface area contributed by atoms with Gasteiger partial charge in [-0.1, -0.05) is 26.8 Å². The molecule has 0 saturated carbocycles. The van der Waals surface area contributed by atoms with Crippen molar-refractivity contribution in [3.05, 3.63) is 23.8 Å². The molecule has 3 heteroatoms. The Morgan fingerprint density at radius 2 is 1.94 bits per heavy atom. The van der Waals surface area contributed by atoms with E-state index in [-0.39, 0.29) is 11.5 Å². The van der Waals surface area contributed by atoms with Crippen LogP contribution in [0.15, 0.2) is 18.2 Å². The van der Waals surface area contributed by atoms with E-state index in [1.807, 2.05) is 19.1 Å². The number of rotatable bonds is 4. The van der Waals surface area contributed by atoms with Gasteiger partial charge in [0.1, 0.15) is 5.75 Å². The van der Waals surface area contributed by atoms with Crippen LogP contribution >= 0.6 is 0 Å². The Morgan fingerprint density at radius 1 is 1.33 bits per heavy atom. The van der Waals surface area contributed by atoms with Crippen molar-refractivity contribution in [2.45, 2.75) is 33.7 Å². The lowest BCUT2D eigenvalue weighted by molar-refractivity contribution is 0.403. The van der Waals surface area contributed by atoms with Crippen LogP contribution in [0.1, 0.15) is 39.3 Å². The monoisotopic (exact) mass is 250 g/mol. The number of ether oxygens (including phenoxy) is 1. The van der Waals surface area contributed by atoms with Crippen molar-refractivity contribution < 1.29 is 4.74 Å². The summed E-state index contributed by atoms with van der Waals surface area (Å²) in [6, 6.07) is 6.04. The van der Waals surface area contributed by atoms with Crippen molar-refractivity contribution in [2.24, 2.45) is 11.1 Å². The highest BCUT2D eigenvalue weighted by atomic mass is 16.5. The third-order valence-corrected chi connectivity index (χ3v) is 2.84. The maximum absolute atomic E-state index is 6.09. The molecule has 0 aliphatic rings. The van der Waals surface area contributed by atoms with Crippen LogP contribution in [0, 0.1) is 5.41 Å². The van der Waals surface area contributed by atoms with Crippen LogP contribution in [-0.2, 0) is 0 Å². The Labute approximate surface area is 111 Å². The fraction of sp³-hybridized carbons (Fsp3) is 0.600. The van der Waals surface area contributed by atoms with Crippen LogP contribution in [0.3, 0.4) is 0 Å². The highest BCUT2D eigenvalue weighted by Crippen LogP contribution is 2.34. The van der Waals surface area contributed by atoms with Crippen molar-refractivity contribution in [3.63, 3.8) is 0 Å². The van der Waals surface area contributed by atoms with Gasteiger partial charge in [0.25, 0.3) is 0 Å². The van der Waals surface area contributed by atoms with Gasteiger partial charge >= 0.3 is 0 Å². The van der Waals surface area contributed by atoms with Gasteiger partial charge in [-0.2, -0.15) is 0 Å². The molecular formula is C15H26N2O. The van der Waals surface area contributed by atoms with Gasteiger partial charge in [0.05, 0.1) is 7.11 Å². The van der Waals surface area contributed by atoms with Crippen LogP contribution in [0.5, 0.6) is 5.75 Å². The lowest BCUT2D eigenvalue weighted by Crippen LogP contribution is -2.30. The zero-order valence-electron chi connectivity index (χ0n) is 12.4. The lowest BCUT2D eigenvalue weighted by atomic mass is 9.95. The molecule has 1 rings (SSSR count). The molecule has 2 N–H and O–H groups in total. The molecule has 0 fully saturated rings. The molecule has 0 heterocycles. The summed E-state index contributed by atoms with van der Waals surface area (Å²) in [5.74, 6) is 0.864. The standard InChI is InChI=1S/C15H26N2O/c1-11(16)14-12(8-7-9-13(14)18-6)17(5)10-15(2,3)4/h7-9,11H,10,16H2,1-6H3/t11-/m0/s1. The number of methoxy groups -OCH3 is 1. The summed E-state index contributed by atoms with van der Waals surface area (Å²) in [4.78, 5) is 2.25. The summed E-state index contributed by atoms with van der Waals surface area (Å²) in [5, 5.41) is 0. The largest absolute Gasteiger partial charge is 0.496 e. The average molecular weight is 250 g/mol. The predicted octanol–water partition coefficient (Wildman–Crippen LogP) is 3.20. The first-order chi connectivity index (χ1) is 8.26. The molecule has 1 atom stereocenters. The molecule has 0 amide bonds. The first-order valence-corrected chi connectivity index (χ1v) is 6.40. The summed E-state index contributed by atoms with van der Waals surface area (Å²) < 4.78 is 5.42. The van der Waals surface area contributed by atoms with E-state index in [1.54, 1.807) is 7.11 Å². The van der Waals surface area contributed by atoms with E-state index >= 15 is 0 Å². The van der Waals surface area contributed by atoms with Crippen LogP contribution in [-0.4, -0.2) is 20.7 Å². The second-order valence-corrected chi connectivity index (χ2v) is 6.10. The number of benzene rings is 1. The number of hydrogen-bond donors (Lipinski definition) is 1. The molecule has 0 aliphatic heterocycles. The van der Waals surface area contributed by atoms with E-state index in [1.165, 1.54) is 0 Å². The molecule has 0 radical (unpaired) electrons. The summed E-state index contributed by atoms with van der Waals surface area (Å²) >= 11 is 0. The van der Waals surface area contributed by atoms with Crippen LogP contribution in [0.4, 0.5) is 5.69 Å². The maximum atomic E-state index is 6.09. The van der Waals surface area contributed by atoms with Crippen LogP contribution in [0.2, 0.25) is 0 Å².